The molecule has 0 saturated carbocycles. The number of nitrogens with zero attached hydrogens (tertiary/aromatic N) is 1. The van der Waals surface area contributed by atoms with Gasteiger partial charge in [0.15, 0.2) is 0 Å². The van der Waals surface area contributed by atoms with Crippen LogP contribution in [0, 0.1) is 0 Å². The van der Waals surface area contributed by atoms with Crippen molar-refractivity contribution in [2.24, 2.45) is 0 Å². The van der Waals surface area contributed by atoms with Gasteiger partial charge in [0.2, 0.25) is 0 Å². The summed E-state index contributed by atoms with van der Waals surface area (Å²) < 4.78 is 0. The van der Waals surface area contributed by atoms with Crippen molar-refractivity contribution in [2.45, 2.75) is 13.0 Å². The minimum Gasteiger partial charge on any atom is -0.333 e. The molecule has 0 radical (unpaired) electrons. The molecular weight excluding hydrogens is 331 g/mol. The summed E-state index contributed by atoms with van der Waals surface area (Å²) in [4.78, 5) is 14.7. The average Bonchev–Trinajstić information content (AvgIpc) is 2.56. The number of hydrogen-bond acceptors (Lipinski definition) is 2. The molecule has 2 aromatic rings. The third kappa shape index (κ3) is 3.86. The van der Waals surface area contributed by atoms with Gasteiger partial charge in [-0.1, -0.05) is 48.0 Å². The van der Waals surface area contributed by atoms with E-state index in [0.717, 1.165) is 24.2 Å². The van der Waals surface area contributed by atoms with Crippen LogP contribution in [0.15, 0.2) is 48.5 Å². The summed E-state index contributed by atoms with van der Waals surface area (Å²) in [6.45, 7) is 4.42. The second-order valence-corrected chi connectivity index (χ2v) is 6.02. The van der Waals surface area contributed by atoms with Crippen molar-refractivity contribution in [1.82, 2.24) is 10.2 Å². The van der Waals surface area contributed by atoms with Crippen LogP contribution in [-0.4, -0.2) is 36.5 Å². The number of carbonyl (C=O) groups excluding carboxylic acids is 1. The zero-order valence-corrected chi connectivity index (χ0v) is 14.5. The maximum absolute atomic E-state index is 12.8. The van der Waals surface area contributed by atoms with Gasteiger partial charge in [0.1, 0.15) is 0 Å². The molecule has 1 heterocycles. The molecule has 3 rings (SSSR count). The molecule has 23 heavy (non-hydrogen) atoms. The Labute approximate surface area is 148 Å². The molecule has 5 heteroatoms. The molecular formula is C18H20Cl2N2O. The summed E-state index contributed by atoms with van der Waals surface area (Å²) in [5.41, 5.74) is 2.68. The van der Waals surface area contributed by atoms with Crippen LogP contribution in [0.5, 0.6) is 0 Å². The Morgan fingerprint density at radius 3 is 2.61 bits per heavy atom. The van der Waals surface area contributed by atoms with Crippen molar-refractivity contribution in [3.8, 4) is 11.1 Å². The smallest absolute Gasteiger partial charge is 0.255 e. The minimum atomic E-state index is 0. The molecule has 0 aromatic heterocycles. The van der Waals surface area contributed by atoms with Gasteiger partial charge in [-0.05, 0) is 30.2 Å². The average molecular weight is 351 g/mol. The van der Waals surface area contributed by atoms with E-state index in [1.807, 2.05) is 53.4 Å². The van der Waals surface area contributed by atoms with Crippen molar-refractivity contribution in [1.29, 1.82) is 0 Å². The van der Waals surface area contributed by atoms with Gasteiger partial charge < -0.3 is 10.2 Å². The van der Waals surface area contributed by atoms with Crippen LogP contribution >= 0.6 is 24.0 Å². The molecule has 122 valence electrons. The van der Waals surface area contributed by atoms with Gasteiger partial charge in [0.05, 0.1) is 10.6 Å². The first kappa shape index (κ1) is 17.8. The van der Waals surface area contributed by atoms with Gasteiger partial charge in [0.25, 0.3) is 5.91 Å². The maximum atomic E-state index is 12.8. The quantitative estimate of drug-likeness (QED) is 0.891. The molecule has 2 aromatic carbocycles. The monoisotopic (exact) mass is 350 g/mol. The molecule has 0 spiro atoms. The zero-order valence-electron chi connectivity index (χ0n) is 13.0. The van der Waals surface area contributed by atoms with Gasteiger partial charge in [0, 0.05) is 25.7 Å². The summed E-state index contributed by atoms with van der Waals surface area (Å²) in [7, 11) is 0. The van der Waals surface area contributed by atoms with Crippen LogP contribution in [0.4, 0.5) is 0 Å². The number of rotatable bonds is 2. The molecule has 1 fully saturated rings. The number of halogens is 2. The Morgan fingerprint density at radius 2 is 1.91 bits per heavy atom. The molecule has 3 nitrogen and oxygen atoms in total. The second kappa shape index (κ2) is 7.82. The fourth-order valence-electron chi connectivity index (χ4n) is 2.80. The highest BCUT2D eigenvalue weighted by Gasteiger charge is 2.25. The molecule has 1 N–H and O–H groups in total. The van der Waals surface area contributed by atoms with Crippen molar-refractivity contribution in [2.75, 3.05) is 19.6 Å². The van der Waals surface area contributed by atoms with Gasteiger partial charge >= 0.3 is 0 Å². The minimum absolute atomic E-state index is 0. The molecule has 1 atom stereocenters. The largest absolute Gasteiger partial charge is 0.333 e. The normalized spacial score (nSPS) is 17.5. The maximum Gasteiger partial charge on any atom is 0.255 e. The van der Waals surface area contributed by atoms with Crippen LogP contribution in [0.2, 0.25) is 5.02 Å². The SMILES string of the molecule is C[C@@H]1CNCCN1C(=O)c1cc(-c2ccccc2)ccc1Cl.Cl. The Hall–Kier alpha value is -1.55. The number of nitrogens with one attached hydrogen (secondary N) is 1. The highest BCUT2D eigenvalue weighted by Crippen LogP contribution is 2.26. The Kier molecular flexibility index (Phi) is 6.05. The van der Waals surface area contributed by atoms with Gasteiger partial charge in [-0.25, -0.2) is 0 Å². The highest BCUT2D eigenvalue weighted by molar-refractivity contribution is 6.34. The zero-order chi connectivity index (χ0) is 15.5. The summed E-state index contributed by atoms with van der Waals surface area (Å²) in [6.07, 6.45) is 0. The first-order chi connectivity index (χ1) is 10.7. The predicted molar refractivity (Wildman–Crippen MR) is 97.5 cm³/mol. The van der Waals surface area contributed by atoms with E-state index in [0.29, 0.717) is 17.1 Å². The molecule has 1 saturated heterocycles. The van der Waals surface area contributed by atoms with E-state index < -0.39 is 0 Å². The molecule has 1 aliphatic rings. The van der Waals surface area contributed by atoms with Crippen LogP contribution in [0.1, 0.15) is 17.3 Å². The summed E-state index contributed by atoms with van der Waals surface area (Å²) in [5, 5.41) is 3.81. The topological polar surface area (TPSA) is 32.3 Å². The fraction of sp³-hybridized carbons (Fsp3) is 0.278. The van der Waals surface area contributed by atoms with E-state index in [-0.39, 0.29) is 24.4 Å². The lowest BCUT2D eigenvalue weighted by atomic mass is 10.0. The summed E-state index contributed by atoms with van der Waals surface area (Å²) in [5.74, 6) is 0.0109. The number of benzene rings is 2. The van der Waals surface area contributed by atoms with E-state index in [4.69, 9.17) is 11.6 Å². The lowest BCUT2D eigenvalue weighted by molar-refractivity contribution is 0.0656. The molecule has 0 unspecified atom stereocenters. The number of amides is 1. The van der Waals surface area contributed by atoms with Crippen molar-refractivity contribution in [3.05, 3.63) is 59.1 Å². The Bertz CT molecular complexity index is 676. The number of carbonyl (C=O) groups is 1. The van der Waals surface area contributed by atoms with Gasteiger partial charge in [-0.3, -0.25) is 4.79 Å². The van der Waals surface area contributed by atoms with Crippen molar-refractivity contribution >= 4 is 29.9 Å². The molecule has 1 amide bonds. The Balaban J connectivity index is 0.00000192. The van der Waals surface area contributed by atoms with E-state index in [1.165, 1.54) is 0 Å². The molecule has 1 aliphatic heterocycles. The summed E-state index contributed by atoms with van der Waals surface area (Å²) in [6, 6.07) is 15.9. The van der Waals surface area contributed by atoms with Crippen LogP contribution in [0.25, 0.3) is 11.1 Å². The van der Waals surface area contributed by atoms with E-state index in [2.05, 4.69) is 12.2 Å². The van der Waals surface area contributed by atoms with Crippen LogP contribution < -0.4 is 5.32 Å². The third-order valence-electron chi connectivity index (χ3n) is 4.07. The molecule has 0 aliphatic carbocycles. The first-order valence-corrected chi connectivity index (χ1v) is 7.91. The van der Waals surface area contributed by atoms with Gasteiger partial charge in [-0.15, -0.1) is 12.4 Å². The van der Waals surface area contributed by atoms with Gasteiger partial charge in [-0.2, -0.15) is 0 Å². The fourth-order valence-corrected chi connectivity index (χ4v) is 3.00. The van der Waals surface area contributed by atoms with E-state index in [9.17, 15) is 4.79 Å². The second-order valence-electron chi connectivity index (χ2n) is 5.61. The standard InChI is InChI=1S/C18H19ClN2O.ClH/c1-13-12-20-9-10-21(13)18(22)16-11-15(7-8-17(16)19)14-5-3-2-4-6-14;/h2-8,11,13,20H,9-10,12H2,1H3;1H/t13-;/m1./s1. The van der Waals surface area contributed by atoms with E-state index >= 15 is 0 Å². The third-order valence-corrected chi connectivity index (χ3v) is 4.40. The molecule has 0 bridgehead atoms. The Morgan fingerprint density at radius 1 is 1.17 bits per heavy atom. The lowest BCUT2D eigenvalue weighted by Crippen LogP contribution is -2.52. The van der Waals surface area contributed by atoms with E-state index in [1.54, 1.807) is 0 Å². The van der Waals surface area contributed by atoms with Crippen LogP contribution in [0.3, 0.4) is 0 Å². The van der Waals surface area contributed by atoms with Crippen LogP contribution in [-0.2, 0) is 0 Å². The highest BCUT2D eigenvalue weighted by atomic mass is 35.5. The number of hydrogen-bond donors (Lipinski definition) is 1. The van der Waals surface area contributed by atoms with Crippen molar-refractivity contribution in [3.63, 3.8) is 0 Å². The van der Waals surface area contributed by atoms with Crippen molar-refractivity contribution < 1.29 is 4.79 Å². The summed E-state index contributed by atoms with van der Waals surface area (Å²) >= 11 is 6.28. The number of piperazine rings is 1. The first-order valence-electron chi connectivity index (χ1n) is 7.53. The predicted octanol–water partition coefficient (Wildman–Crippen LogP) is 3.86. The lowest BCUT2D eigenvalue weighted by Gasteiger charge is -2.34.